The van der Waals surface area contributed by atoms with Crippen LogP contribution < -0.4 is 10.4 Å². The molecule has 1 aromatic rings. The highest BCUT2D eigenvalue weighted by atomic mass is 16.7. The van der Waals surface area contributed by atoms with Gasteiger partial charge in [0.05, 0.1) is 18.8 Å². The maximum Gasteiger partial charge on any atom is 0.342 e. The Morgan fingerprint density at radius 2 is 1.81 bits per heavy atom. The Hall–Kier alpha value is -1.93. The summed E-state index contributed by atoms with van der Waals surface area (Å²) in [5.74, 6) is 0.519. The van der Waals surface area contributed by atoms with Gasteiger partial charge in [-0.2, -0.15) is 0 Å². The van der Waals surface area contributed by atoms with Gasteiger partial charge in [-0.25, -0.2) is 4.79 Å². The third-order valence-corrected chi connectivity index (χ3v) is 6.91. The van der Waals surface area contributed by atoms with Crippen molar-refractivity contribution >= 4 is 0 Å². The number of allylic oxidation sites excluding steroid dienone is 2. The molecule has 0 aromatic carbocycles. The van der Waals surface area contributed by atoms with Crippen LogP contribution in [-0.2, 0) is 19.8 Å². The van der Waals surface area contributed by atoms with E-state index < -0.39 is 22.9 Å². The second kappa shape index (κ2) is 8.13. The van der Waals surface area contributed by atoms with Crippen LogP contribution in [0.5, 0.6) is 5.75 Å². The Kier molecular flexibility index (Phi) is 6.28. The predicted molar refractivity (Wildman–Crippen MR) is 121 cm³/mol. The zero-order valence-electron chi connectivity index (χ0n) is 20.8. The number of rotatable bonds is 7. The van der Waals surface area contributed by atoms with Crippen LogP contribution in [0.1, 0.15) is 58.4 Å². The molecule has 2 fully saturated rings. The zero-order valence-corrected chi connectivity index (χ0v) is 20.8. The van der Waals surface area contributed by atoms with Crippen molar-refractivity contribution in [2.75, 3.05) is 14.2 Å². The summed E-state index contributed by atoms with van der Waals surface area (Å²) in [6.07, 6.45) is 3.27. The van der Waals surface area contributed by atoms with Gasteiger partial charge < -0.3 is 28.5 Å². The molecule has 0 radical (unpaired) electrons. The van der Waals surface area contributed by atoms with Gasteiger partial charge in [0.2, 0.25) is 0 Å². The SMILES string of the molecule is COc1c(C)c(C(C)(O)C(OC)C(C)=CC(C)=CC2(C)OC(C)C3(C)OC23)oc(=O)c1C. The van der Waals surface area contributed by atoms with Crippen molar-refractivity contribution in [1.82, 2.24) is 0 Å². The van der Waals surface area contributed by atoms with Gasteiger partial charge in [-0.3, -0.25) is 0 Å². The van der Waals surface area contributed by atoms with E-state index in [2.05, 4.69) is 13.0 Å². The fourth-order valence-corrected chi connectivity index (χ4v) is 5.30. The standard InChI is InChI=1S/C25H36O7/c1-13(12-23(6)22-25(8,32-22)17(5)31-23)11-14(2)19(29-10)24(7,27)20-15(3)18(28-9)16(4)21(26)30-20/h11-12,17,19,22,27H,1-10H3. The number of aliphatic hydroxyl groups is 1. The van der Waals surface area contributed by atoms with Crippen LogP contribution >= 0.6 is 0 Å². The summed E-state index contributed by atoms with van der Waals surface area (Å²) in [5, 5.41) is 11.5. The Bertz CT molecular complexity index is 1020. The lowest BCUT2D eigenvalue weighted by Crippen LogP contribution is -2.40. The monoisotopic (exact) mass is 448 g/mol. The summed E-state index contributed by atoms with van der Waals surface area (Å²) in [4.78, 5) is 12.3. The Labute approximate surface area is 190 Å². The Morgan fingerprint density at radius 1 is 1.19 bits per heavy atom. The van der Waals surface area contributed by atoms with Gasteiger partial charge in [0.25, 0.3) is 0 Å². The normalized spacial score (nSPS) is 33.0. The first kappa shape index (κ1) is 24.7. The minimum atomic E-state index is -1.61. The van der Waals surface area contributed by atoms with E-state index in [1.54, 1.807) is 20.8 Å². The van der Waals surface area contributed by atoms with Crippen molar-refractivity contribution in [3.05, 3.63) is 50.6 Å². The molecule has 6 unspecified atom stereocenters. The van der Waals surface area contributed by atoms with Crippen molar-refractivity contribution in [2.45, 2.75) is 90.5 Å². The lowest BCUT2D eigenvalue weighted by molar-refractivity contribution is -0.0827. The highest BCUT2D eigenvalue weighted by Gasteiger charge is 2.71. The van der Waals surface area contributed by atoms with E-state index >= 15 is 0 Å². The molecule has 3 rings (SSSR count). The van der Waals surface area contributed by atoms with Crippen molar-refractivity contribution in [3.8, 4) is 5.75 Å². The summed E-state index contributed by atoms with van der Waals surface area (Å²) in [6.45, 7) is 14.9. The lowest BCUT2D eigenvalue weighted by atomic mass is 9.86. The lowest BCUT2D eigenvalue weighted by Gasteiger charge is -2.33. The van der Waals surface area contributed by atoms with Crippen LogP contribution in [0.2, 0.25) is 0 Å². The van der Waals surface area contributed by atoms with E-state index in [4.69, 9.17) is 23.4 Å². The molecular formula is C25H36O7. The number of fused-ring (bicyclic) bond motifs is 1. The fourth-order valence-electron chi connectivity index (χ4n) is 5.30. The topological polar surface area (TPSA) is 90.7 Å². The molecule has 0 bridgehead atoms. The minimum Gasteiger partial charge on any atom is -0.496 e. The van der Waals surface area contributed by atoms with Gasteiger partial charge in [-0.05, 0) is 67.0 Å². The highest BCUT2D eigenvalue weighted by Crippen LogP contribution is 2.55. The first-order chi connectivity index (χ1) is 14.7. The highest BCUT2D eigenvalue weighted by molar-refractivity contribution is 5.42. The first-order valence-electron chi connectivity index (χ1n) is 10.9. The Balaban J connectivity index is 1.95. The summed E-state index contributed by atoms with van der Waals surface area (Å²) < 4.78 is 28.7. The summed E-state index contributed by atoms with van der Waals surface area (Å²) in [6, 6.07) is 0. The number of epoxide rings is 1. The average Bonchev–Trinajstić information content (AvgIpc) is 3.35. The Morgan fingerprint density at radius 3 is 2.28 bits per heavy atom. The molecule has 32 heavy (non-hydrogen) atoms. The van der Waals surface area contributed by atoms with Gasteiger partial charge in [0, 0.05) is 12.7 Å². The van der Waals surface area contributed by atoms with E-state index in [1.165, 1.54) is 14.2 Å². The van der Waals surface area contributed by atoms with Crippen molar-refractivity contribution in [1.29, 1.82) is 0 Å². The van der Waals surface area contributed by atoms with Crippen LogP contribution in [0.4, 0.5) is 0 Å². The quantitative estimate of drug-likeness (QED) is 0.502. The van der Waals surface area contributed by atoms with E-state index in [0.29, 0.717) is 16.9 Å². The molecule has 1 N–H and O–H groups in total. The van der Waals surface area contributed by atoms with Crippen LogP contribution in [0.25, 0.3) is 0 Å². The van der Waals surface area contributed by atoms with Gasteiger partial charge >= 0.3 is 5.63 Å². The van der Waals surface area contributed by atoms with Crippen molar-refractivity contribution in [2.24, 2.45) is 0 Å². The summed E-state index contributed by atoms with van der Waals surface area (Å²) in [7, 11) is 3.00. The number of ether oxygens (including phenoxy) is 4. The molecular weight excluding hydrogens is 412 g/mol. The van der Waals surface area contributed by atoms with Crippen LogP contribution in [-0.4, -0.2) is 48.8 Å². The molecule has 0 saturated carbocycles. The minimum absolute atomic E-state index is 0.0153. The van der Waals surface area contributed by atoms with Gasteiger partial charge in [-0.1, -0.05) is 11.6 Å². The van der Waals surface area contributed by atoms with Gasteiger partial charge in [-0.15, -0.1) is 0 Å². The predicted octanol–water partition coefficient (Wildman–Crippen LogP) is 3.72. The molecule has 7 heteroatoms. The van der Waals surface area contributed by atoms with Gasteiger partial charge in [0.1, 0.15) is 40.5 Å². The molecule has 1 aromatic heterocycles. The third-order valence-electron chi connectivity index (χ3n) is 6.91. The summed E-state index contributed by atoms with van der Waals surface area (Å²) in [5.41, 5.74) is -0.281. The molecule has 0 aliphatic carbocycles. The van der Waals surface area contributed by atoms with E-state index in [0.717, 1.165) is 11.1 Å². The molecule has 178 valence electrons. The second-order valence-corrected chi connectivity index (χ2v) is 9.67. The molecule has 6 atom stereocenters. The van der Waals surface area contributed by atoms with E-state index in [-0.39, 0.29) is 23.6 Å². The number of hydrogen-bond acceptors (Lipinski definition) is 7. The molecule has 7 nitrogen and oxygen atoms in total. The van der Waals surface area contributed by atoms with Crippen LogP contribution in [0, 0.1) is 13.8 Å². The molecule has 3 heterocycles. The second-order valence-electron chi connectivity index (χ2n) is 9.67. The third kappa shape index (κ3) is 3.85. The van der Waals surface area contributed by atoms with Crippen molar-refractivity contribution < 1.29 is 28.5 Å². The van der Waals surface area contributed by atoms with Gasteiger partial charge in [0.15, 0.2) is 0 Å². The average molecular weight is 449 g/mol. The number of methoxy groups -OCH3 is 2. The first-order valence-corrected chi connectivity index (χ1v) is 10.9. The molecule has 2 saturated heterocycles. The maximum atomic E-state index is 12.3. The smallest absolute Gasteiger partial charge is 0.342 e. The molecule has 2 aliphatic rings. The number of hydrogen-bond donors (Lipinski definition) is 1. The molecule has 0 spiro atoms. The van der Waals surface area contributed by atoms with Crippen molar-refractivity contribution in [3.63, 3.8) is 0 Å². The van der Waals surface area contributed by atoms with Crippen LogP contribution in [0.15, 0.2) is 32.5 Å². The maximum absolute atomic E-state index is 12.3. The zero-order chi connectivity index (χ0) is 24.2. The van der Waals surface area contributed by atoms with Crippen LogP contribution in [0.3, 0.4) is 0 Å². The molecule has 2 aliphatic heterocycles. The fraction of sp³-hybridized carbons (Fsp3) is 0.640. The summed E-state index contributed by atoms with van der Waals surface area (Å²) >= 11 is 0. The van der Waals surface area contributed by atoms with E-state index in [9.17, 15) is 9.90 Å². The largest absolute Gasteiger partial charge is 0.496 e. The van der Waals surface area contributed by atoms with E-state index in [1.807, 2.05) is 33.8 Å². The molecule has 0 amide bonds.